The summed E-state index contributed by atoms with van der Waals surface area (Å²) in [6.45, 7) is 10.2. The number of hydrogen-bond donors (Lipinski definition) is 1. The van der Waals surface area contributed by atoms with Crippen LogP contribution < -0.4 is 10.5 Å². The Kier molecular flexibility index (Phi) is 6.49. The summed E-state index contributed by atoms with van der Waals surface area (Å²) < 4.78 is 11.3. The van der Waals surface area contributed by atoms with Gasteiger partial charge in [-0.15, -0.1) is 0 Å². The fraction of sp³-hybridized carbons (Fsp3) is 0.632. The molecule has 2 rings (SSSR count). The second-order valence-corrected chi connectivity index (χ2v) is 6.44. The van der Waals surface area contributed by atoms with Crippen LogP contribution in [0, 0.1) is 6.92 Å². The van der Waals surface area contributed by atoms with Crippen molar-refractivity contribution in [1.82, 2.24) is 4.90 Å². The van der Waals surface area contributed by atoms with Gasteiger partial charge in [-0.05, 0) is 39.7 Å². The van der Waals surface area contributed by atoms with E-state index in [1.165, 1.54) is 11.1 Å². The summed E-state index contributed by atoms with van der Waals surface area (Å²) in [4.78, 5) is 6.84. The molecular formula is C19H31N3O2. The van der Waals surface area contributed by atoms with Gasteiger partial charge in [-0.3, -0.25) is 4.99 Å². The van der Waals surface area contributed by atoms with Gasteiger partial charge in [0.05, 0.1) is 13.7 Å². The van der Waals surface area contributed by atoms with Gasteiger partial charge in [-0.1, -0.05) is 17.7 Å². The molecule has 0 saturated carbocycles. The molecule has 0 aliphatic carbocycles. The van der Waals surface area contributed by atoms with Crippen molar-refractivity contribution in [2.45, 2.75) is 39.0 Å². The number of rotatable bonds is 6. The first-order valence-corrected chi connectivity index (χ1v) is 8.84. The molecule has 1 aromatic carbocycles. The summed E-state index contributed by atoms with van der Waals surface area (Å²) in [5, 5.41) is 0. The van der Waals surface area contributed by atoms with E-state index in [0.717, 1.165) is 44.9 Å². The summed E-state index contributed by atoms with van der Waals surface area (Å²) in [6.07, 6.45) is 1.86. The van der Waals surface area contributed by atoms with Gasteiger partial charge in [0, 0.05) is 37.3 Å². The van der Waals surface area contributed by atoms with Crippen LogP contribution in [0.4, 0.5) is 0 Å². The molecule has 2 N–H and O–H groups in total. The minimum absolute atomic E-state index is 0.0760. The number of hydrogen-bond acceptors (Lipinski definition) is 3. The summed E-state index contributed by atoms with van der Waals surface area (Å²) in [5.41, 5.74) is 8.59. The van der Waals surface area contributed by atoms with Crippen LogP contribution >= 0.6 is 0 Å². The normalized spacial score (nSPS) is 17.6. The smallest absolute Gasteiger partial charge is 0.191 e. The van der Waals surface area contributed by atoms with Crippen molar-refractivity contribution in [3.05, 3.63) is 29.3 Å². The maximum absolute atomic E-state index is 6.21. The van der Waals surface area contributed by atoms with Gasteiger partial charge in [0.15, 0.2) is 5.96 Å². The zero-order valence-electron chi connectivity index (χ0n) is 15.5. The molecule has 0 unspecified atom stereocenters. The SMILES string of the molecule is CCN(CC)C(N)=NCC1(c2cc(C)ccc2OC)CCOCC1. The van der Waals surface area contributed by atoms with Crippen LogP contribution in [0.25, 0.3) is 0 Å². The number of aryl methyl sites for hydroxylation is 1. The first-order chi connectivity index (χ1) is 11.6. The highest BCUT2D eigenvalue weighted by molar-refractivity contribution is 5.78. The lowest BCUT2D eigenvalue weighted by molar-refractivity contribution is 0.0522. The van der Waals surface area contributed by atoms with Crippen LogP contribution in [0.1, 0.15) is 37.8 Å². The van der Waals surface area contributed by atoms with Gasteiger partial charge in [-0.25, -0.2) is 0 Å². The van der Waals surface area contributed by atoms with E-state index in [2.05, 4.69) is 43.9 Å². The lowest BCUT2D eigenvalue weighted by Gasteiger charge is -2.38. The molecule has 0 radical (unpaired) electrons. The number of ether oxygens (including phenoxy) is 2. The van der Waals surface area contributed by atoms with Crippen molar-refractivity contribution < 1.29 is 9.47 Å². The predicted molar refractivity (Wildman–Crippen MR) is 98.9 cm³/mol. The number of benzene rings is 1. The molecule has 1 fully saturated rings. The first-order valence-electron chi connectivity index (χ1n) is 8.84. The first kappa shape index (κ1) is 18.6. The van der Waals surface area contributed by atoms with Crippen LogP contribution in [0.5, 0.6) is 5.75 Å². The number of aliphatic imine (C=N–C) groups is 1. The van der Waals surface area contributed by atoms with E-state index in [-0.39, 0.29) is 5.41 Å². The molecule has 0 spiro atoms. The van der Waals surface area contributed by atoms with Gasteiger partial charge in [0.1, 0.15) is 5.75 Å². The molecule has 0 bridgehead atoms. The molecule has 5 heteroatoms. The summed E-state index contributed by atoms with van der Waals surface area (Å²) in [5.74, 6) is 1.55. The highest BCUT2D eigenvalue weighted by Crippen LogP contribution is 2.40. The fourth-order valence-electron chi connectivity index (χ4n) is 3.39. The second-order valence-electron chi connectivity index (χ2n) is 6.44. The number of nitrogens with two attached hydrogens (primary N) is 1. The molecular weight excluding hydrogens is 302 g/mol. The lowest BCUT2D eigenvalue weighted by atomic mass is 9.73. The third-order valence-corrected chi connectivity index (χ3v) is 5.01. The minimum Gasteiger partial charge on any atom is -0.496 e. The number of nitrogens with zero attached hydrogens (tertiary/aromatic N) is 2. The Morgan fingerprint density at radius 1 is 1.29 bits per heavy atom. The molecule has 24 heavy (non-hydrogen) atoms. The van der Waals surface area contributed by atoms with E-state index >= 15 is 0 Å². The molecule has 0 atom stereocenters. The molecule has 0 amide bonds. The molecule has 134 valence electrons. The highest BCUT2D eigenvalue weighted by Gasteiger charge is 2.37. The molecule has 1 aliphatic heterocycles. The summed E-state index contributed by atoms with van der Waals surface area (Å²) in [6, 6.07) is 6.37. The van der Waals surface area contributed by atoms with Crippen LogP contribution in [-0.4, -0.2) is 50.8 Å². The number of guanidine groups is 1. The van der Waals surface area contributed by atoms with Crippen molar-refractivity contribution in [3.63, 3.8) is 0 Å². The Balaban J connectivity index is 2.37. The second kappa shape index (κ2) is 8.38. The predicted octanol–water partition coefficient (Wildman–Crippen LogP) is 2.71. The third-order valence-electron chi connectivity index (χ3n) is 5.01. The molecule has 0 aromatic heterocycles. The van der Waals surface area contributed by atoms with Crippen molar-refractivity contribution in [3.8, 4) is 5.75 Å². The van der Waals surface area contributed by atoms with E-state index < -0.39 is 0 Å². The van der Waals surface area contributed by atoms with Crippen LogP contribution in [-0.2, 0) is 10.2 Å². The average molecular weight is 333 g/mol. The quantitative estimate of drug-likeness (QED) is 0.642. The number of methoxy groups -OCH3 is 1. The van der Waals surface area contributed by atoms with E-state index in [0.29, 0.717) is 12.5 Å². The topological polar surface area (TPSA) is 60.1 Å². The van der Waals surface area contributed by atoms with E-state index in [4.69, 9.17) is 20.2 Å². The average Bonchev–Trinajstić information content (AvgIpc) is 2.62. The monoisotopic (exact) mass is 333 g/mol. The Morgan fingerprint density at radius 3 is 2.54 bits per heavy atom. The maximum Gasteiger partial charge on any atom is 0.191 e. The summed E-state index contributed by atoms with van der Waals surface area (Å²) >= 11 is 0. The van der Waals surface area contributed by atoms with E-state index in [1.54, 1.807) is 7.11 Å². The molecule has 1 aliphatic rings. The largest absolute Gasteiger partial charge is 0.496 e. The van der Waals surface area contributed by atoms with Gasteiger partial charge >= 0.3 is 0 Å². The maximum atomic E-state index is 6.21. The Bertz CT molecular complexity index is 562. The highest BCUT2D eigenvalue weighted by atomic mass is 16.5. The van der Waals surface area contributed by atoms with Gasteiger partial charge < -0.3 is 20.1 Å². The van der Waals surface area contributed by atoms with Crippen molar-refractivity contribution in [2.24, 2.45) is 10.7 Å². The molecule has 1 aromatic rings. The van der Waals surface area contributed by atoms with E-state index in [9.17, 15) is 0 Å². The summed E-state index contributed by atoms with van der Waals surface area (Å²) in [7, 11) is 1.73. The molecule has 5 nitrogen and oxygen atoms in total. The van der Waals surface area contributed by atoms with Crippen LogP contribution in [0.15, 0.2) is 23.2 Å². The van der Waals surface area contributed by atoms with Gasteiger partial charge in [-0.2, -0.15) is 0 Å². The van der Waals surface area contributed by atoms with E-state index in [1.807, 2.05) is 0 Å². The Morgan fingerprint density at radius 2 is 1.96 bits per heavy atom. The molecule has 1 heterocycles. The zero-order valence-corrected chi connectivity index (χ0v) is 15.5. The standard InChI is InChI=1S/C19H31N3O2/c1-5-22(6-2)18(20)21-14-19(9-11-24-12-10-19)16-13-15(3)7-8-17(16)23-4/h7-8,13H,5-6,9-12,14H2,1-4H3,(H2,20,21). The van der Waals surface area contributed by atoms with Crippen molar-refractivity contribution in [2.75, 3.05) is 40.0 Å². The van der Waals surface area contributed by atoms with Crippen LogP contribution in [0.2, 0.25) is 0 Å². The van der Waals surface area contributed by atoms with Gasteiger partial charge in [0.25, 0.3) is 0 Å². The molecule has 1 saturated heterocycles. The third kappa shape index (κ3) is 4.01. The Hall–Kier alpha value is -1.75. The van der Waals surface area contributed by atoms with Crippen molar-refractivity contribution in [1.29, 1.82) is 0 Å². The van der Waals surface area contributed by atoms with Gasteiger partial charge in [0.2, 0.25) is 0 Å². The fourth-order valence-corrected chi connectivity index (χ4v) is 3.39. The van der Waals surface area contributed by atoms with Crippen molar-refractivity contribution >= 4 is 5.96 Å². The Labute approximate surface area is 145 Å². The van der Waals surface area contributed by atoms with Crippen LogP contribution in [0.3, 0.4) is 0 Å². The lowest BCUT2D eigenvalue weighted by Crippen LogP contribution is -2.41. The zero-order chi connectivity index (χ0) is 17.6. The minimum atomic E-state index is -0.0760.